The number of benzene rings is 2. The number of ether oxygens (including phenoxy) is 1. The van der Waals surface area contributed by atoms with E-state index in [1.54, 1.807) is 0 Å². The molecule has 2 heteroatoms. The van der Waals surface area contributed by atoms with Crippen molar-refractivity contribution in [2.45, 2.75) is 19.3 Å². The number of esters is 1. The van der Waals surface area contributed by atoms with Crippen molar-refractivity contribution in [1.29, 1.82) is 0 Å². The Morgan fingerprint density at radius 1 is 1.10 bits per heavy atom. The molecule has 1 atom stereocenters. The van der Waals surface area contributed by atoms with Crippen molar-refractivity contribution in [3.8, 4) is 11.1 Å². The molecular weight excluding hydrogens is 248 g/mol. The Labute approximate surface area is 119 Å². The van der Waals surface area contributed by atoms with Gasteiger partial charge in [-0.2, -0.15) is 0 Å². The Morgan fingerprint density at radius 3 is 2.65 bits per heavy atom. The van der Waals surface area contributed by atoms with Crippen LogP contribution in [0.4, 0.5) is 0 Å². The van der Waals surface area contributed by atoms with Crippen molar-refractivity contribution in [2.75, 3.05) is 7.11 Å². The second-order valence-electron chi connectivity index (χ2n) is 5.27. The Kier molecular flexibility index (Phi) is 3.55. The lowest BCUT2D eigenvalue weighted by Gasteiger charge is -2.25. The zero-order valence-electron chi connectivity index (χ0n) is 11.6. The summed E-state index contributed by atoms with van der Waals surface area (Å²) < 4.78 is 4.88. The van der Waals surface area contributed by atoms with E-state index in [-0.39, 0.29) is 11.9 Å². The van der Waals surface area contributed by atoms with E-state index in [1.807, 2.05) is 6.07 Å². The number of rotatable bonds is 2. The lowest BCUT2D eigenvalue weighted by Crippen LogP contribution is -2.24. The first-order valence-electron chi connectivity index (χ1n) is 7.03. The van der Waals surface area contributed by atoms with Gasteiger partial charge in [-0.05, 0) is 41.5 Å². The molecule has 0 bridgehead atoms. The van der Waals surface area contributed by atoms with Crippen molar-refractivity contribution >= 4 is 5.97 Å². The summed E-state index contributed by atoms with van der Waals surface area (Å²) in [6.07, 6.45) is 2.62. The summed E-state index contributed by atoms with van der Waals surface area (Å²) >= 11 is 0. The fourth-order valence-corrected chi connectivity index (χ4v) is 3.06. The number of carbonyl (C=O) groups excluding carboxylic acids is 1. The van der Waals surface area contributed by atoms with Crippen molar-refractivity contribution in [2.24, 2.45) is 5.92 Å². The van der Waals surface area contributed by atoms with E-state index in [2.05, 4.69) is 42.5 Å². The Balaban J connectivity index is 1.97. The normalized spacial score (nSPS) is 17.4. The topological polar surface area (TPSA) is 26.3 Å². The first-order chi connectivity index (χ1) is 9.79. The van der Waals surface area contributed by atoms with Crippen LogP contribution >= 0.6 is 0 Å². The highest BCUT2D eigenvalue weighted by atomic mass is 16.5. The minimum Gasteiger partial charge on any atom is -0.469 e. The molecule has 0 amide bonds. The monoisotopic (exact) mass is 266 g/mol. The zero-order chi connectivity index (χ0) is 13.9. The second kappa shape index (κ2) is 5.49. The Bertz CT molecular complexity index is 617. The molecule has 1 aliphatic carbocycles. The fraction of sp³-hybridized carbons (Fsp3) is 0.278. The maximum absolute atomic E-state index is 11.7. The van der Waals surface area contributed by atoms with Crippen LogP contribution in [-0.4, -0.2) is 13.1 Å². The van der Waals surface area contributed by atoms with E-state index in [1.165, 1.54) is 29.4 Å². The van der Waals surface area contributed by atoms with Gasteiger partial charge in [0.05, 0.1) is 13.0 Å². The summed E-state index contributed by atoms with van der Waals surface area (Å²) in [5.74, 6) is -0.0701. The van der Waals surface area contributed by atoms with Crippen LogP contribution in [0.25, 0.3) is 11.1 Å². The van der Waals surface area contributed by atoms with Crippen molar-refractivity contribution in [1.82, 2.24) is 0 Å². The summed E-state index contributed by atoms with van der Waals surface area (Å²) in [6.45, 7) is 0. The third-order valence-electron chi connectivity index (χ3n) is 4.10. The van der Waals surface area contributed by atoms with Crippen LogP contribution < -0.4 is 0 Å². The second-order valence-corrected chi connectivity index (χ2v) is 5.27. The van der Waals surface area contributed by atoms with Gasteiger partial charge >= 0.3 is 5.97 Å². The number of hydrogen-bond acceptors (Lipinski definition) is 2. The number of carbonyl (C=O) groups is 1. The van der Waals surface area contributed by atoms with E-state index >= 15 is 0 Å². The van der Waals surface area contributed by atoms with Gasteiger partial charge < -0.3 is 4.74 Å². The molecule has 1 aliphatic rings. The molecule has 20 heavy (non-hydrogen) atoms. The SMILES string of the molecule is COC(=O)C1CCc2c(cccc2-c2ccccc2)C1. The average molecular weight is 266 g/mol. The smallest absolute Gasteiger partial charge is 0.309 e. The van der Waals surface area contributed by atoms with Crippen molar-refractivity contribution in [3.63, 3.8) is 0 Å². The largest absolute Gasteiger partial charge is 0.469 e. The van der Waals surface area contributed by atoms with Crippen LogP contribution in [0.2, 0.25) is 0 Å². The molecule has 0 fully saturated rings. The highest BCUT2D eigenvalue weighted by Gasteiger charge is 2.26. The quantitative estimate of drug-likeness (QED) is 0.776. The molecule has 2 aromatic carbocycles. The molecular formula is C18H18O2. The third-order valence-corrected chi connectivity index (χ3v) is 4.10. The summed E-state index contributed by atoms with van der Waals surface area (Å²) in [7, 11) is 1.47. The van der Waals surface area contributed by atoms with Gasteiger partial charge in [0.15, 0.2) is 0 Å². The van der Waals surface area contributed by atoms with Crippen LogP contribution in [0.1, 0.15) is 17.5 Å². The van der Waals surface area contributed by atoms with Crippen molar-refractivity contribution < 1.29 is 9.53 Å². The number of methoxy groups -OCH3 is 1. The minimum absolute atomic E-state index is 0.0125. The molecule has 0 radical (unpaired) electrons. The lowest BCUT2D eigenvalue weighted by atomic mass is 9.80. The van der Waals surface area contributed by atoms with Crippen LogP contribution in [0.3, 0.4) is 0 Å². The molecule has 0 heterocycles. The maximum atomic E-state index is 11.7. The van der Waals surface area contributed by atoms with E-state index < -0.39 is 0 Å². The molecule has 2 aromatic rings. The summed E-state index contributed by atoms with van der Waals surface area (Å²) in [6, 6.07) is 16.8. The van der Waals surface area contributed by atoms with Gasteiger partial charge in [0.25, 0.3) is 0 Å². The first kappa shape index (κ1) is 12.9. The predicted molar refractivity (Wildman–Crippen MR) is 79.4 cm³/mol. The van der Waals surface area contributed by atoms with E-state index in [9.17, 15) is 4.79 Å². The van der Waals surface area contributed by atoms with Crippen LogP contribution in [-0.2, 0) is 22.4 Å². The van der Waals surface area contributed by atoms with E-state index in [4.69, 9.17) is 4.74 Å². The standard InChI is InChI=1S/C18H18O2/c1-20-18(19)15-10-11-17-14(12-15)8-5-9-16(17)13-6-3-2-4-7-13/h2-9,15H,10-12H2,1H3. The third kappa shape index (κ3) is 2.34. The summed E-state index contributed by atoms with van der Waals surface area (Å²) in [4.78, 5) is 11.7. The van der Waals surface area contributed by atoms with Gasteiger partial charge in [0.1, 0.15) is 0 Å². The molecule has 0 spiro atoms. The fourth-order valence-electron chi connectivity index (χ4n) is 3.06. The molecule has 1 unspecified atom stereocenters. The molecule has 102 valence electrons. The van der Waals surface area contributed by atoms with E-state index in [0.29, 0.717) is 0 Å². The average Bonchev–Trinajstić information content (AvgIpc) is 2.53. The highest BCUT2D eigenvalue weighted by molar-refractivity contribution is 5.75. The van der Waals surface area contributed by atoms with Crippen LogP contribution in [0.5, 0.6) is 0 Å². The molecule has 0 aromatic heterocycles. The highest BCUT2D eigenvalue weighted by Crippen LogP contribution is 2.33. The Hall–Kier alpha value is -2.09. The van der Waals surface area contributed by atoms with Gasteiger partial charge in [-0.15, -0.1) is 0 Å². The predicted octanol–water partition coefficient (Wildman–Crippen LogP) is 3.63. The molecule has 0 aliphatic heterocycles. The van der Waals surface area contributed by atoms with Crippen LogP contribution in [0.15, 0.2) is 48.5 Å². The molecule has 0 saturated heterocycles. The van der Waals surface area contributed by atoms with Crippen LogP contribution in [0, 0.1) is 5.92 Å². The van der Waals surface area contributed by atoms with Gasteiger partial charge in [-0.3, -0.25) is 4.79 Å². The molecule has 3 rings (SSSR count). The molecule has 0 saturated carbocycles. The molecule has 2 nitrogen and oxygen atoms in total. The number of hydrogen-bond donors (Lipinski definition) is 0. The molecule has 0 N–H and O–H groups in total. The first-order valence-corrected chi connectivity index (χ1v) is 7.03. The van der Waals surface area contributed by atoms with Gasteiger partial charge in [0, 0.05) is 0 Å². The van der Waals surface area contributed by atoms with Gasteiger partial charge in [-0.25, -0.2) is 0 Å². The number of fused-ring (bicyclic) bond motifs is 1. The van der Waals surface area contributed by atoms with Crippen molar-refractivity contribution in [3.05, 3.63) is 59.7 Å². The summed E-state index contributed by atoms with van der Waals surface area (Å²) in [5, 5.41) is 0. The minimum atomic E-state index is -0.0826. The Morgan fingerprint density at radius 2 is 1.90 bits per heavy atom. The zero-order valence-corrected chi connectivity index (χ0v) is 11.6. The van der Waals surface area contributed by atoms with Gasteiger partial charge in [-0.1, -0.05) is 48.5 Å². The maximum Gasteiger partial charge on any atom is 0.309 e. The summed E-state index contributed by atoms with van der Waals surface area (Å²) in [5.41, 5.74) is 5.22. The lowest BCUT2D eigenvalue weighted by molar-refractivity contribution is -0.145. The van der Waals surface area contributed by atoms with E-state index in [0.717, 1.165) is 19.3 Å². The van der Waals surface area contributed by atoms with Gasteiger partial charge in [0.2, 0.25) is 0 Å².